The van der Waals surface area contributed by atoms with Crippen molar-refractivity contribution in [1.82, 2.24) is 0 Å². The molecule has 1 atom stereocenters. The van der Waals surface area contributed by atoms with E-state index in [1.165, 1.54) is 0 Å². The molecule has 1 saturated heterocycles. The molecule has 4 nitrogen and oxygen atoms in total. The fraction of sp³-hybridized carbons (Fsp3) is 0.316. The molecular formula is C19H21NO3S. The predicted octanol–water partition coefficient (Wildman–Crippen LogP) is 4.22. The lowest BCUT2D eigenvalue weighted by Gasteiger charge is -2.14. The number of hydrogen-bond donors (Lipinski definition) is 1. The standard InChI is InChI=1S/C19H21NO3S/c1-24-16-8-4-6-14(12-16)20-19(21)17-9-2-3-10-18(17)23-13-15-7-5-11-22-15/h2-4,6,8-10,12,15H,5,7,11,13H2,1H3,(H,20,21). The van der Waals surface area contributed by atoms with E-state index < -0.39 is 0 Å². The summed E-state index contributed by atoms with van der Waals surface area (Å²) in [6, 6.07) is 15.1. The third-order valence-corrected chi connectivity index (χ3v) is 4.63. The summed E-state index contributed by atoms with van der Waals surface area (Å²) in [5, 5.41) is 2.94. The Morgan fingerprint density at radius 3 is 2.96 bits per heavy atom. The van der Waals surface area contributed by atoms with Crippen molar-refractivity contribution in [2.24, 2.45) is 0 Å². The van der Waals surface area contributed by atoms with Gasteiger partial charge in [-0.15, -0.1) is 11.8 Å². The van der Waals surface area contributed by atoms with Crippen LogP contribution in [-0.2, 0) is 4.74 Å². The number of nitrogens with one attached hydrogen (secondary N) is 1. The van der Waals surface area contributed by atoms with Gasteiger partial charge in [0.1, 0.15) is 12.4 Å². The Kier molecular flexibility index (Phi) is 5.77. The van der Waals surface area contributed by atoms with Gasteiger partial charge in [0.2, 0.25) is 0 Å². The molecule has 1 aliphatic heterocycles. The molecule has 0 aromatic heterocycles. The highest BCUT2D eigenvalue weighted by atomic mass is 32.2. The van der Waals surface area contributed by atoms with Crippen LogP contribution in [-0.4, -0.2) is 31.5 Å². The molecule has 1 amide bonds. The Morgan fingerprint density at radius 2 is 2.17 bits per heavy atom. The smallest absolute Gasteiger partial charge is 0.259 e. The molecule has 1 aliphatic rings. The van der Waals surface area contributed by atoms with Crippen molar-refractivity contribution in [2.45, 2.75) is 23.8 Å². The van der Waals surface area contributed by atoms with E-state index in [1.54, 1.807) is 17.8 Å². The lowest BCUT2D eigenvalue weighted by molar-refractivity contribution is 0.0673. The predicted molar refractivity (Wildman–Crippen MR) is 97.1 cm³/mol. The summed E-state index contributed by atoms with van der Waals surface area (Å²) < 4.78 is 11.4. The summed E-state index contributed by atoms with van der Waals surface area (Å²) in [6.07, 6.45) is 4.21. The van der Waals surface area contributed by atoms with Crippen LogP contribution in [0.3, 0.4) is 0 Å². The van der Waals surface area contributed by atoms with Gasteiger partial charge in [-0.2, -0.15) is 0 Å². The zero-order chi connectivity index (χ0) is 16.8. The van der Waals surface area contributed by atoms with Gasteiger partial charge in [0.05, 0.1) is 11.7 Å². The van der Waals surface area contributed by atoms with E-state index in [1.807, 2.05) is 48.7 Å². The highest BCUT2D eigenvalue weighted by molar-refractivity contribution is 7.98. The van der Waals surface area contributed by atoms with Gasteiger partial charge in [-0.25, -0.2) is 0 Å². The van der Waals surface area contributed by atoms with E-state index in [9.17, 15) is 4.79 Å². The molecule has 0 bridgehead atoms. The van der Waals surface area contributed by atoms with Crippen molar-refractivity contribution in [3.63, 3.8) is 0 Å². The van der Waals surface area contributed by atoms with Gasteiger partial charge in [0, 0.05) is 17.2 Å². The van der Waals surface area contributed by atoms with Crippen LogP contribution in [0.5, 0.6) is 5.75 Å². The minimum Gasteiger partial charge on any atom is -0.490 e. The molecular weight excluding hydrogens is 322 g/mol. The first-order chi connectivity index (χ1) is 11.8. The SMILES string of the molecule is CSc1cccc(NC(=O)c2ccccc2OCC2CCCO2)c1. The number of thioether (sulfide) groups is 1. The molecule has 3 rings (SSSR count). The van der Waals surface area contributed by atoms with Crippen molar-refractivity contribution in [3.8, 4) is 5.75 Å². The summed E-state index contributed by atoms with van der Waals surface area (Å²) in [7, 11) is 0. The normalized spacial score (nSPS) is 16.8. The average molecular weight is 343 g/mol. The summed E-state index contributed by atoms with van der Waals surface area (Å²) in [6.45, 7) is 1.27. The Balaban J connectivity index is 1.69. The average Bonchev–Trinajstić information content (AvgIpc) is 3.14. The van der Waals surface area contributed by atoms with Crippen LogP contribution in [0.1, 0.15) is 23.2 Å². The van der Waals surface area contributed by atoms with Gasteiger partial charge in [-0.1, -0.05) is 18.2 Å². The minimum absolute atomic E-state index is 0.124. The maximum absolute atomic E-state index is 12.6. The van der Waals surface area contributed by atoms with Crippen LogP contribution in [0.25, 0.3) is 0 Å². The minimum atomic E-state index is -0.170. The van der Waals surface area contributed by atoms with Gasteiger partial charge in [0.25, 0.3) is 5.91 Å². The first-order valence-corrected chi connectivity index (χ1v) is 9.27. The van der Waals surface area contributed by atoms with Crippen LogP contribution in [0.15, 0.2) is 53.4 Å². The number of benzene rings is 2. The highest BCUT2D eigenvalue weighted by Gasteiger charge is 2.18. The van der Waals surface area contributed by atoms with E-state index in [0.29, 0.717) is 17.9 Å². The van der Waals surface area contributed by atoms with Crippen molar-refractivity contribution in [3.05, 3.63) is 54.1 Å². The molecule has 1 N–H and O–H groups in total. The monoisotopic (exact) mass is 343 g/mol. The number of rotatable bonds is 6. The van der Waals surface area contributed by atoms with Gasteiger partial charge in [-0.3, -0.25) is 4.79 Å². The third kappa shape index (κ3) is 4.30. The second-order valence-electron chi connectivity index (χ2n) is 5.63. The molecule has 2 aromatic rings. The van der Waals surface area contributed by atoms with E-state index in [2.05, 4.69) is 5.32 Å². The largest absolute Gasteiger partial charge is 0.490 e. The Hall–Kier alpha value is -1.98. The summed E-state index contributed by atoms with van der Waals surface area (Å²) in [4.78, 5) is 13.7. The summed E-state index contributed by atoms with van der Waals surface area (Å²) in [5.41, 5.74) is 1.31. The second-order valence-corrected chi connectivity index (χ2v) is 6.51. The maximum atomic E-state index is 12.6. The van der Waals surface area contributed by atoms with E-state index in [4.69, 9.17) is 9.47 Å². The van der Waals surface area contributed by atoms with E-state index in [-0.39, 0.29) is 12.0 Å². The van der Waals surface area contributed by atoms with Crippen LogP contribution in [0, 0.1) is 0 Å². The fourth-order valence-electron chi connectivity index (χ4n) is 2.64. The quantitative estimate of drug-likeness (QED) is 0.798. The molecule has 1 heterocycles. The molecule has 1 fully saturated rings. The van der Waals surface area contributed by atoms with Crippen LogP contribution in [0.4, 0.5) is 5.69 Å². The lowest BCUT2D eigenvalue weighted by atomic mass is 10.1. The summed E-state index contributed by atoms with van der Waals surface area (Å²) >= 11 is 1.64. The van der Waals surface area contributed by atoms with Crippen molar-refractivity contribution >= 4 is 23.4 Å². The van der Waals surface area contributed by atoms with Crippen LogP contribution >= 0.6 is 11.8 Å². The molecule has 0 saturated carbocycles. The highest BCUT2D eigenvalue weighted by Crippen LogP contribution is 2.23. The summed E-state index contributed by atoms with van der Waals surface area (Å²) in [5.74, 6) is 0.419. The van der Waals surface area contributed by atoms with Crippen molar-refractivity contribution in [1.29, 1.82) is 0 Å². The molecule has 5 heteroatoms. The van der Waals surface area contributed by atoms with E-state index >= 15 is 0 Å². The van der Waals surface area contributed by atoms with Crippen LogP contribution in [0.2, 0.25) is 0 Å². The Bertz CT molecular complexity index is 699. The second kappa shape index (κ2) is 8.22. The topological polar surface area (TPSA) is 47.6 Å². The molecule has 0 spiro atoms. The Labute approximate surface area is 146 Å². The molecule has 126 valence electrons. The zero-order valence-corrected chi connectivity index (χ0v) is 14.5. The van der Waals surface area contributed by atoms with Crippen molar-refractivity contribution in [2.75, 3.05) is 24.8 Å². The number of carbonyl (C=O) groups excluding carboxylic acids is 1. The molecule has 24 heavy (non-hydrogen) atoms. The fourth-order valence-corrected chi connectivity index (χ4v) is 3.10. The molecule has 2 aromatic carbocycles. The number of hydrogen-bond acceptors (Lipinski definition) is 4. The lowest BCUT2D eigenvalue weighted by Crippen LogP contribution is -2.19. The van der Waals surface area contributed by atoms with Gasteiger partial charge < -0.3 is 14.8 Å². The third-order valence-electron chi connectivity index (χ3n) is 3.91. The zero-order valence-electron chi connectivity index (χ0n) is 13.7. The number of ether oxygens (including phenoxy) is 2. The number of amides is 1. The van der Waals surface area contributed by atoms with Crippen LogP contribution < -0.4 is 10.1 Å². The number of anilines is 1. The molecule has 0 radical (unpaired) electrons. The van der Waals surface area contributed by atoms with Crippen molar-refractivity contribution < 1.29 is 14.3 Å². The first-order valence-electron chi connectivity index (χ1n) is 8.05. The number of carbonyl (C=O) groups is 1. The molecule has 0 aliphatic carbocycles. The van der Waals surface area contributed by atoms with Gasteiger partial charge in [0.15, 0.2) is 0 Å². The first kappa shape index (κ1) is 16.9. The maximum Gasteiger partial charge on any atom is 0.259 e. The molecule has 1 unspecified atom stereocenters. The van der Waals surface area contributed by atoms with E-state index in [0.717, 1.165) is 30.0 Å². The number of para-hydroxylation sites is 1. The van der Waals surface area contributed by atoms with Gasteiger partial charge >= 0.3 is 0 Å². The Morgan fingerprint density at radius 1 is 1.29 bits per heavy atom. The van der Waals surface area contributed by atoms with Gasteiger partial charge in [-0.05, 0) is 49.4 Å².